The number of aromatic nitrogens is 1. The number of benzene rings is 2. The van der Waals surface area contributed by atoms with E-state index in [1.807, 2.05) is 11.8 Å². The van der Waals surface area contributed by atoms with E-state index in [0.717, 1.165) is 49.6 Å². The van der Waals surface area contributed by atoms with Gasteiger partial charge in [-0.05, 0) is 49.7 Å². The van der Waals surface area contributed by atoms with Crippen molar-refractivity contribution in [3.05, 3.63) is 59.5 Å². The summed E-state index contributed by atoms with van der Waals surface area (Å²) in [5.41, 5.74) is 10.0. The zero-order chi connectivity index (χ0) is 24.8. The third-order valence-electron chi connectivity index (χ3n) is 7.46. The van der Waals surface area contributed by atoms with Gasteiger partial charge in [-0.3, -0.25) is 19.7 Å². The molecule has 0 saturated carbocycles. The third-order valence-corrected chi connectivity index (χ3v) is 7.46. The highest BCUT2D eigenvalue weighted by Gasteiger charge is 2.40. The van der Waals surface area contributed by atoms with Crippen LogP contribution in [0.15, 0.2) is 47.5 Å². The molecular weight excluding hydrogens is 459 g/mol. The number of hydrogen-bond donors (Lipinski definition) is 1. The Morgan fingerprint density at radius 1 is 1.11 bits per heavy atom. The van der Waals surface area contributed by atoms with Gasteiger partial charge in [-0.25, -0.2) is 4.39 Å². The van der Waals surface area contributed by atoms with Gasteiger partial charge < -0.3 is 20.3 Å². The van der Waals surface area contributed by atoms with E-state index in [9.17, 15) is 9.18 Å². The molecule has 0 bridgehead atoms. The normalized spacial score (nSPS) is 21.4. The fourth-order valence-corrected chi connectivity index (χ4v) is 5.51. The first-order valence-corrected chi connectivity index (χ1v) is 12.4. The summed E-state index contributed by atoms with van der Waals surface area (Å²) in [6.45, 7) is 6.59. The molecule has 2 unspecified atom stereocenters. The molecule has 2 N–H and O–H groups in total. The van der Waals surface area contributed by atoms with Gasteiger partial charge in [0.1, 0.15) is 24.2 Å². The van der Waals surface area contributed by atoms with E-state index in [1.54, 1.807) is 12.4 Å². The highest BCUT2D eigenvalue weighted by molar-refractivity contribution is 5.94. The van der Waals surface area contributed by atoms with Gasteiger partial charge >= 0.3 is 0 Å². The molecule has 3 aromatic rings. The number of ether oxygens (including phenoxy) is 1. The summed E-state index contributed by atoms with van der Waals surface area (Å²) in [6, 6.07) is 12.7. The number of anilines is 2. The van der Waals surface area contributed by atoms with E-state index in [4.69, 9.17) is 10.5 Å². The second-order valence-electron chi connectivity index (χ2n) is 9.65. The molecule has 9 heteroatoms. The van der Waals surface area contributed by atoms with Gasteiger partial charge in [-0.2, -0.15) is 0 Å². The number of nitrogens with two attached hydrogens (primary N) is 1. The maximum absolute atomic E-state index is 14.9. The molecule has 1 saturated heterocycles. The predicted molar refractivity (Wildman–Crippen MR) is 138 cm³/mol. The molecule has 1 aromatic heterocycles. The minimum atomic E-state index is -0.649. The first kappa shape index (κ1) is 22.7. The average molecular weight is 489 g/mol. The Labute approximate surface area is 209 Å². The number of amides is 1. The molecule has 2 atom stereocenters. The quantitative estimate of drug-likeness (QED) is 0.594. The molecule has 1 amide bonds. The molecular formula is C27H29FN6O2. The van der Waals surface area contributed by atoms with E-state index in [1.165, 1.54) is 17.1 Å². The summed E-state index contributed by atoms with van der Waals surface area (Å²) in [7, 11) is 0. The number of aliphatic imine (C=N–C) groups is 1. The summed E-state index contributed by atoms with van der Waals surface area (Å²) in [5.74, 6) is -0.214. The number of halogens is 1. The second-order valence-corrected chi connectivity index (χ2v) is 9.65. The van der Waals surface area contributed by atoms with Crippen molar-refractivity contribution in [2.75, 3.05) is 49.1 Å². The Kier molecular flexibility index (Phi) is 5.72. The van der Waals surface area contributed by atoms with Crippen molar-refractivity contribution in [1.82, 2.24) is 9.88 Å². The van der Waals surface area contributed by atoms with Crippen LogP contribution in [0.3, 0.4) is 0 Å². The number of fused-ring (bicyclic) bond motifs is 4. The van der Waals surface area contributed by atoms with Gasteiger partial charge in [-0.15, -0.1) is 0 Å². The van der Waals surface area contributed by atoms with E-state index in [2.05, 4.69) is 50.1 Å². The molecule has 0 radical (unpaired) electrons. The Bertz CT molecular complexity index is 1350. The van der Waals surface area contributed by atoms with Crippen LogP contribution in [0.25, 0.3) is 10.9 Å². The molecule has 2 aromatic carbocycles. The number of carbonyl (C=O) groups is 1. The first-order chi connectivity index (χ1) is 17.5. The number of nitrogens with zero attached hydrogens (tertiary/aromatic N) is 5. The maximum Gasteiger partial charge on any atom is 0.244 e. The van der Waals surface area contributed by atoms with Gasteiger partial charge in [0.25, 0.3) is 0 Å². The van der Waals surface area contributed by atoms with Gasteiger partial charge in [-0.1, -0.05) is 6.07 Å². The van der Waals surface area contributed by atoms with Crippen LogP contribution in [-0.2, 0) is 11.2 Å². The second kappa shape index (κ2) is 9.05. The molecule has 4 heterocycles. The van der Waals surface area contributed by atoms with Crippen molar-refractivity contribution < 1.29 is 13.9 Å². The molecule has 0 aliphatic carbocycles. The number of hydrogen-bond acceptors (Lipinski definition) is 7. The van der Waals surface area contributed by atoms with Crippen LogP contribution in [0.1, 0.15) is 11.3 Å². The fraction of sp³-hybridized carbons (Fsp3) is 0.370. The Morgan fingerprint density at radius 3 is 2.75 bits per heavy atom. The lowest BCUT2D eigenvalue weighted by atomic mass is 10.0. The van der Waals surface area contributed by atoms with Crippen molar-refractivity contribution in [1.29, 1.82) is 0 Å². The van der Waals surface area contributed by atoms with Crippen molar-refractivity contribution in [3.63, 3.8) is 0 Å². The first-order valence-electron chi connectivity index (χ1n) is 12.4. The van der Waals surface area contributed by atoms with Crippen LogP contribution >= 0.6 is 0 Å². The predicted octanol–water partition coefficient (Wildman–Crippen LogP) is 2.51. The van der Waals surface area contributed by atoms with Crippen LogP contribution in [-0.4, -0.2) is 73.5 Å². The molecule has 8 nitrogen and oxygen atoms in total. The molecule has 186 valence electrons. The SMILES string of the molecule is Cc1ccc2c(N3CCN(CCc4c(F)ccc5c4OCC4C(C(N)=O)N=CN54)CC3)cccc2n1. The number of aryl methyl sites for hydroxylation is 1. The Hall–Kier alpha value is -3.72. The summed E-state index contributed by atoms with van der Waals surface area (Å²) in [4.78, 5) is 27.3. The van der Waals surface area contributed by atoms with E-state index >= 15 is 0 Å². The number of carbonyl (C=O) groups excluding carboxylic acids is 1. The lowest BCUT2D eigenvalue weighted by Gasteiger charge is -2.37. The lowest BCUT2D eigenvalue weighted by molar-refractivity contribution is -0.119. The smallest absolute Gasteiger partial charge is 0.244 e. The fourth-order valence-electron chi connectivity index (χ4n) is 5.51. The van der Waals surface area contributed by atoms with Crippen LogP contribution in [0.5, 0.6) is 5.75 Å². The topological polar surface area (TPSA) is 87.3 Å². The summed E-state index contributed by atoms with van der Waals surface area (Å²) in [5, 5.41) is 1.18. The standard InChI is InChI=1S/C27H29FN6O2/c1-17-5-6-19-21(31-17)3-2-4-22(19)33-13-11-32(12-14-33)10-9-18-20(28)7-8-23-26(18)36-15-24-25(27(29)35)30-16-34(23)24/h2-8,16,24-25H,9-15H2,1H3,(H2,29,35). The third kappa shape index (κ3) is 3.93. The number of piperazine rings is 1. The molecule has 36 heavy (non-hydrogen) atoms. The number of pyridine rings is 1. The molecule has 1 fully saturated rings. The van der Waals surface area contributed by atoms with Crippen LogP contribution in [0.2, 0.25) is 0 Å². The number of primary amides is 1. The molecule has 0 spiro atoms. The van der Waals surface area contributed by atoms with Gasteiger partial charge in [0.05, 0.1) is 17.5 Å². The van der Waals surface area contributed by atoms with Crippen molar-refractivity contribution in [2.24, 2.45) is 10.7 Å². The van der Waals surface area contributed by atoms with E-state index in [0.29, 0.717) is 17.7 Å². The Balaban J connectivity index is 1.13. The molecule has 3 aliphatic rings. The average Bonchev–Trinajstić information content (AvgIpc) is 3.33. The zero-order valence-electron chi connectivity index (χ0n) is 20.2. The van der Waals surface area contributed by atoms with Gasteiger partial charge in [0.15, 0.2) is 6.04 Å². The van der Waals surface area contributed by atoms with E-state index in [-0.39, 0.29) is 18.5 Å². The van der Waals surface area contributed by atoms with E-state index < -0.39 is 11.9 Å². The largest absolute Gasteiger partial charge is 0.489 e. The van der Waals surface area contributed by atoms with Gasteiger partial charge in [0.2, 0.25) is 5.91 Å². The van der Waals surface area contributed by atoms with Crippen LogP contribution < -0.4 is 20.3 Å². The highest BCUT2D eigenvalue weighted by Crippen LogP contribution is 2.40. The van der Waals surface area contributed by atoms with Crippen LogP contribution in [0, 0.1) is 12.7 Å². The Morgan fingerprint density at radius 2 is 1.94 bits per heavy atom. The van der Waals surface area contributed by atoms with Crippen LogP contribution in [0.4, 0.5) is 15.8 Å². The summed E-state index contributed by atoms with van der Waals surface area (Å²) >= 11 is 0. The molecule has 6 rings (SSSR count). The van der Waals surface area contributed by atoms with Gasteiger partial charge in [0, 0.05) is 55.1 Å². The minimum absolute atomic E-state index is 0.245. The highest BCUT2D eigenvalue weighted by atomic mass is 19.1. The summed E-state index contributed by atoms with van der Waals surface area (Å²) < 4.78 is 20.9. The van der Waals surface area contributed by atoms with Crippen molar-refractivity contribution in [2.45, 2.75) is 25.4 Å². The van der Waals surface area contributed by atoms with Crippen molar-refractivity contribution in [3.8, 4) is 5.75 Å². The monoisotopic (exact) mass is 488 g/mol. The maximum atomic E-state index is 14.9. The molecule has 3 aliphatic heterocycles. The summed E-state index contributed by atoms with van der Waals surface area (Å²) in [6.07, 6.45) is 2.16. The van der Waals surface area contributed by atoms with Crippen molar-refractivity contribution >= 4 is 34.5 Å². The number of rotatable bonds is 5. The minimum Gasteiger partial charge on any atom is -0.489 e. The zero-order valence-corrected chi connectivity index (χ0v) is 20.2. The lowest BCUT2D eigenvalue weighted by Crippen LogP contribution is -2.49.